The van der Waals surface area contributed by atoms with Gasteiger partial charge in [-0.05, 0) is 44.4 Å². The molecule has 4 heteroatoms. The van der Waals surface area contributed by atoms with E-state index in [1.807, 2.05) is 19.1 Å². The zero-order valence-electron chi connectivity index (χ0n) is 10.1. The molecule has 0 bridgehead atoms. The SMILES string of the molecule is Cc1ccc(S(=O)(=O)C2CCCC2CN)cc1. The maximum Gasteiger partial charge on any atom is 0.181 e. The molecule has 17 heavy (non-hydrogen) atoms. The minimum Gasteiger partial charge on any atom is -0.330 e. The van der Waals surface area contributed by atoms with Gasteiger partial charge in [0.15, 0.2) is 9.84 Å². The summed E-state index contributed by atoms with van der Waals surface area (Å²) >= 11 is 0. The maximum absolute atomic E-state index is 12.5. The van der Waals surface area contributed by atoms with Crippen molar-refractivity contribution < 1.29 is 8.42 Å². The van der Waals surface area contributed by atoms with Gasteiger partial charge in [0.2, 0.25) is 0 Å². The molecule has 1 aliphatic carbocycles. The van der Waals surface area contributed by atoms with Gasteiger partial charge in [0.1, 0.15) is 0 Å². The summed E-state index contributed by atoms with van der Waals surface area (Å²) in [6.07, 6.45) is 2.65. The van der Waals surface area contributed by atoms with Crippen molar-refractivity contribution in [1.82, 2.24) is 0 Å². The number of hydrogen-bond acceptors (Lipinski definition) is 3. The first kappa shape index (κ1) is 12.6. The average Bonchev–Trinajstić information content (AvgIpc) is 2.78. The van der Waals surface area contributed by atoms with Gasteiger partial charge in [-0.25, -0.2) is 8.42 Å². The lowest BCUT2D eigenvalue weighted by molar-refractivity contribution is 0.523. The van der Waals surface area contributed by atoms with E-state index in [0.717, 1.165) is 24.8 Å². The van der Waals surface area contributed by atoms with Crippen LogP contribution in [0.1, 0.15) is 24.8 Å². The molecule has 94 valence electrons. The Hall–Kier alpha value is -0.870. The molecule has 2 unspecified atom stereocenters. The van der Waals surface area contributed by atoms with Gasteiger partial charge in [-0.1, -0.05) is 24.1 Å². The number of sulfone groups is 1. The van der Waals surface area contributed by atoms with Gasteiger partial charge in [0.05, 0.1) is 10.1 Å². The predicted molar refractivity (Wildman–Crippen MR) is 68.5 cm³/mol. The summed E-state index contributed by atoms with van der Waals surface area (Å²) in [6.45, 7) is 2.42. The molecule has 0 saturated heterocycles. The molecule has 0 spiro atoms. The highest BCUT2D eigenvalue weighted by Gasteiger charge is 2.37. The second-order valence-corrected chi connectivity index (χ2v) is 6.99. The Morgan fingerprint density at radius 1 is 1.24 bits per heavy atom. The molecule has 0 aliphatic heterocycles. The first-order valence-electron chi connectivity index (χ1n) is 6.06. The van der Waals surface area contributed by atoms with Gasteiger partial charge in [0.25, 0.3) is 0 Å². The molecule has 1 aromatic rings. The number of benzene rings is 1. The largest absolute Gasteiger partial charge is 0.330 e. The standard InChI is InChI=1S/C13H19NO2S/c1-10-5-7-12(8-6-10)17(15,16)13-4-2-3-11(13)9-14/h5-8,11,13H,2-4,9,14H2,1H3. The molecule has 1 aliphatic rings. The molecule has 2 rings (SSSR count). The Bertz CT molecular complexity index is 479. The lowest BCUT2D eigenvalue weighted by atomic mass is 10.1. The van der Waals surface area contributed by atoms with Crippen molar-refractivity contribution in [2.75, 3.05) is 6.54 Å². The Morgan fingerprint density at radius 3 is 2.47 bits per heavy atom. The van der Waals surface area contributed by atoms with Crippen molar-refractivity contribution in [3.8, 4) is 0 Å². The van der Waals surface area contributed by atoms with E-state index in [0.29, 0.717) is 11.4 Å². The van der Waals surface area contributed by atoms with Crippen LogP contribution < -0.4 is 5.73 Å². The third kappa shape index (κ3) is 2.38. The summed E-state index contributed by atoms with van der Waals surface area (Å²) in [5.74, 6) is 0.126. The Labute approximate surface area is 103 Å². The van der Waals surface area contributed by atoms with Crippen molar-refractivity contribution in [3.05, 3.63) is 29.8 Å². The van der Waals surface area contributed by atoms with Gasteiger partial charge in [-0.15, -0.1) is 0 Å². The molecule has 3 nitrogen and oxygen atoms in total. The van der Waals surface area contributed by atoms with Gasteiger partial charge in [-0.3, -0.25) is 0 Å². The van der Waals surface area contributed by atoms with E-state index in [-0.39, 0.29) is 11.2 Å². The molecule has 0 heterocycles. The van der Waals surface area contributed by atoms with E-state index in [9.17, 15) is 8.42 Å². The van der Waals surface area contributed by atoms with Crippen LogP contribution in [-0.4, -0.2) is 20.2 Å². The van der Waals surface area contributed by atoms with E-state index in [1.165, 1.54) is 0 Å². The van der Waals surface area contributed by atoms with Crippen molar-refractivity contribution in [2.45, 2.75) is 36.3 Å². The summed E-state index contributed by atoms with van der Waals surface area (Å²) in [7, 11) is -3.20. The van der Waals surface area contributed by atoms with Crippen LogP contribution in [0, 0.1) is 12.8 Å². The second kappa shape index (κ2) is 4.78. The molecular weight excluding hydrogens is 234 g/mol. The number of rotatable bonds is 3. The Kier molecular flexibility index (Phi) is 3.54. The van der Waals surface area contributed by atoms with Gasteiger partial charge >= 0.3 is 0 Å². The van der Waals surface area contributed by atoms with Crippen LogP contribution in [0.3, 0.4) is 0 Å². The van der Waals surface area contributed by atoms with Gasteiger partial charge in [0, 0.05) is 0 Å². The van der Waals surface area contributed by atoms with Crippen LogP contribution in [0.4, 0.5) is 0 Å². The Morgan fingerprint density at radius 2 is 1.88 bits per heavy atom. The monoisotopic (exact) mass is 253 g/mol. The molecule has 0 aromatic heterocycles. The number of nitrogens with two attached hydrogens (primary N) is 1. The highest BCUT2D eigenvalue weighted by atomic mass is 32.2. The van der Waals surface area contributed by atoms with Crippen LogP contribution in [0.5, 0.6) is 0 Å². The average molecular weight is 253 g/mol. The van der Waals surface area contributed by atoms with Crippen LogP contribution in [0.15, 0.2) is 29.2 Å². The van der Waals surface area contributed by atoms with Crippen LogP contribution in [0.2, 0.25) is 0 Å². The minimum atomic E-state index is -3.20. The summed E-state index contributed by atoms with van der Waals surface area (Å²) in [5, 5.41) is -0.282. The second-order valence-electron chi connectivity index (χ2n) is 4.82. The lowest BCUT2D eigenvalue weighted by Gasteiger charge is -2.18. The van der Waals surface area contributed by atoms with Crippen LogP contribution in [0.25, 0.3) is 0 Å². The van der Waals surface area contributed by atoms with Crippen molar-refractivity contribution in [2.24, 2.45) is 11.7 Å². The molecule has 0 radical (unpaired) electrons. The van der Waals surface area contributed by atoms with E-state index in [4.69, 9.17) is 5.73 Å². The fraction of sp³-hybridized carbons (Fsp3) is 0.538. The predicted octanol–water partition coefficient (Wildman–Crippen LogP) is 1.90. The van der Waals surface area contributed by atoms with Crippen LogP contribution >= 0.6 is 0 Å². The third-order valence-electron chi connectivity index (χ3n) is 3.64. The van der Waals surface area contributed by atoms with Crippen molar-refractivity contribution >= 4 is 9.84 Å². The molecule has 1 aromatic carbocycles. The quantitative estimate of drug-likeness (QED) is 0.895. The van der Waals surface area contributed by atoms with Crippen molar-refractivity contribution in [1.29, 1.82) is 0 Å². The summed E-state index contributed by atoms with van der Waals surface area (Å²) in [4.78, 5) is 0.438. The molecule has 1 fully saturated rings. The first-order valence-corrected chi connectivity index (χ1v) is 7.61. The van der Waals surface area contributed by atoms with E-state index in [1.54, 1.807) is 12.1 Å². The van der Waals surface area contributed by atoms with Crippen molar-refractivity contribution in [3.63, 3.8) is 0 Å². The topological polar surface area (TPSA) is 60.2 Å². The highest BCUT2D eigenvalue weighted by molar-refractivity contribution is 7.92. The van der Waals surface area contributed by atoms with Crippen LogP contribution in [-0.2, 0) is 9.84 Å². The fourth-order valence-electron chi connectivity index (χ4n) is 2.58. The smallest absolute Gasteiger partial charge is 0.181 e. The first-order chi connectivity index (χ1) is 8.05. The number of aryl methyl sites for hydroxylation is 1. The lowest BCUT2D eigenvalue weighted by Crippen LogP contribution is -2.30. The molecule has 2 atom stereocenters. The maximum atomic E-state index is 12.5. The minimum absolute atomic E-state index is 0.126. The molecule has 2 N–H and O–H groups in total. The molecule has 0 amide bonds. The Balaban J connectivity index is 2.33. The highest BCUT2D eigenvalue weighted by Crippen LogP contribution is 2.34. The van der Waals surface area contributed by atoms with E-state index < -0.39 is 9.84 Å². The number of hydrogen-bond donors (Lipinski definition) is 1. The normalized spacial score (nSPS) is 25.1. The zero-order chi connectivity index (χ0) is 12.5. The molecule has 1 saturated carbocycles. The summed E-state index contributed by atoms with van der Waals surface area (Å²) < 4.78 is 24.9. The van der Waals surface area contributed by atoms with E-state index >= 15 is 0 Å². The summed E-state index contributed by atoms with van der Waals surface area (Å²) in [5.41, 5.74) is 6.73. The summed E-state index contributed by atoms with van der Waals surface area (Å²) in [6, 6.07) is 7.10. The third-order valence-corrected chi connectivity index (χ3v) is 5.99. The molecular formula is C13H19NO2S. The van der Waals surface area contributed by atoms with E-state index in [2.05, 4.69) is 0 Å². The van der Waals surface area contributed by atoms with Gasteiger partial charge < -0.3 is 5.73 Å². The fourth-order valence-corrected chi connectivity index (χ4v) is 4.68. The zero-order valence-corrected chi connectivity index (χ0v) is 10.9. The van der Waals surface area contributed by atoms with Gasteiger partial charge in [-0.2, -0.15) is 0 Å².